The van der Waals surface area contributed by atoms with E-state index < -0.39 is 0 Å². The van der Waals surface area contributed by atoms with Crippen molar-refractivity contribution in [2.24, 2.45) is 0 Å². The van der Waals surface area contributed by atoms with E-state index in [1.807, 2.05) is 6.07 Å². The Morgan fingerprint density at radius 3 is 2.94 bits per heavy atom. The van der Waals surface area contributed by atoms with E-state index in [1.165, 1.54) is 0 Å². The zero-order valence-electron chi connectivity index (χ0n) is 9.95. The average Bonchev–Trinajstić information content (AvgIpc) is 2.27. The fraction of sp³-hybridized carbons (Fsp3) is 0.462. The summed E-state index contributed by atoms with van der Waals surface area (Å²) in [4.78, 5) is 12.0. The van der Waals surface area contributed by atoms with Crippen molar-refractivity contribution in [1.82, 2.24) is 5.32 Å². The van der Waals surface area contributed by atoms with Crippen LogP contribution in [0.2, 0.25) is 0 Å². The predicted molar refractivity (Wildman–Crippen MR) is 72.4 cm³/mol. The lowest BCUT2D eigenvalue weighted by Crippen LogP contribution is -2.30. The number of hydrogen-bond acceptors (Lipinski definition) is 2. The summed E-state index contributed by atoms with van der Waals surface area (Å²) >= 11 is 3.51. The third-order valence-corrected chi connectivity index (χ3v) is 3.18. The number of alkyl halides is 1. The average molecular weight is 300 g/mol. The first-order valence-electron chi connectivity index (χ1n) is 5.80. The fourth-order valence-corrected chi connectivity index (χ4v) is 2.17. The summed E-state index contributed by atoms with van der Waals surface area (Å²) in [6, 6.07) is 6.77. The van der Waals surface area contributed by atoms with Crippen molar-refractivity contribution < 1.29 is 9.90 Å². The summed E-state index contributed by atoms with van der Waals surface area (Å²) in [6.07, 6.45) is 2.45. The highest BCUT2D eigenvalue weighted by atomic mass is 79.9. The van der Waals surface area contributed by atoms with Gasteiger partial charge in [-0.1, -0.05) is 41.4 Å². The van der Waals surface area contributed by atoms with Crippen molar-refractivity contribution in [3.63, 3.8) is 0 Å². The highest BCUT2D eigenvalue weighted by Crippen LogP contribution is 2.11. The van der Waals surface area contributed by atoms with E-state index in [-0.39, 0.29) is 11.7 Å². The van der Waals surface area contributed by atoms with Gasteiger partial charge in [0, 0.05) is 11.4 Å². The van der Waals surface area contributed by atoms with Crippen LogP contribution < -0.4 is 5.32 Å². The van der Waals surface area contributed by atoms with E-state index in [4.69, 9.17) is 0 Å². The van der Waals surface area contributed by atoms with Crippen LogP contribution in [0.1, 0.15) is 25.3 Å². The van der Waals surface area contributed by atoms with Gasteiger partial charge in [-0.15, -0.1) is 0 Å². The van der Waals surface area contributed by atoms with Gasteiger partial charge in [0.15, 0.2) is 0 Å². The Labute approximate surface area is 110 Å². The highest BCUT2D eigenvalue weighted by molar-refractivity contribution is 9.09. The number of phenolic OH excluding ortho intramolecular Hbond substituents is 1. The van der Waals surface area contributed by atoms with E-state index in [2.05, 4.69) is 28.2 Å². The molecule has 0 aliphatic rings. The Kier molecular flexibility index (Phi) is 6.05. The number of amides is 1. The van der Waals surface area contributed by atoms with E-state index in [0.29, 0.717) is 17.8 Å². The molecule has 1 rings (SSSR count). The molecular formula is C13H18BrNO2. The molecule has 1 amide bonds. The number of phenols is 1. The molecule has 0 bridgehead atoms. The molecule has 0 fully saturated rings. The van der Waals surface area contributed by atoms with Crippen molar-refractivity contribution in [1.29, 1.82) is 0 Å². The van der Waals surface area contributed by atoms with Crippen molar-refractivity contribution in [3.05, 3.63) is 29.8 Å². The maximum atomic E-state index is 11.6. The lowest BCUT2D eigenvalue weighted by molar-refractivity contribution is -0.120. The van der Waals surface area contributed by atoms with Crippen LogP contribution in [0.15, 0.2) is 24.3 Å². The van der Waals surface area contributed by atoms with Crippen LogP contribution in [0, 0.1) is 0 Å². The molecule has 0 saturated carbocycles. The maximum Gasteiger partial charge on any atom is 0.224 e. The third kappa shape index (κ3) is 5.73. The minimum absolute atomic E-state index is 0.0175. The molecule has 2 N–H and O–H groups in total. The lowest BCUT2D eigenvalue weighted by atomic mass is 10.1. The number of hydrogen-bond donors (Lipinski definition) is 2. The second-order valence-electron chi connectivity index (χ2n) is 4.04. The molecule has 1 unspecified atom stereocenters. The topological polar surface area (TPSA) is 49.3 Å². The van der Waals surface area contributed by atoms with Gasteiger partial charge in [0.1, 0.15) is 5.75 Å². The molecule has 0 aliphatic heterocycles. The highest BCUT2D eigenvalue weighted by Gasteiger charge is 2.07. The summed E-state index contributed by atoms with van der Waals surface area (Å²) in [6.45, 7) is 2.76. The summed E-state index contributed by atoms with van der Waals surface area (Å²) in [5.41, 5.74) is 0.823. The van der Waals surface area contributed by atoms with Crippen molar-refractivity contribution >= 4 is 21.8 Å². The lowest BCUT2D eigenvalue weighted by Gasteiger charge is -2.10. The number of aromatic hydroxyl groups is 1. The number of carbonyl (C=O) groups is 1. The van der Waals surface area contributed by atoms with Crippen LogP contribution in [-0.2, 0) is 11.2 Å². The zero-order valence-corrected chi connectivity index (χ0v) is 11.5. The van der Waals surface area contributed by atoms with E-state index in [9.17, 15) is 9.90 Å². The fourth-order valence-electron chi connectivity index (χ4n) is 1.55. The molecule has 1 aromatic carbocycles. The quantitative estimate of drug-likeness (QED) is 0.793. The molecule has 3 nitrogen and oxygen atoms in total. The van der Waals surface area contributed by atoms with Crippen LogP contribution in [0.25, 0.3) is 0 Å². The van der Waals surface area contributed by atoms with Gasteiger partial charge >= 0.3 is 0 Å². The van der Waals surface area contributed by atoms with Crippen LogP contribution in [0.5, 0.6) is 5.75 Å². The summed E-state index contributed by atoms with van der Waals surface area (Å²) < 4.78 is 0. The van der Waals surface area contributed by atoms with E-state index in [1.54, 1.807) is 18.2 Å². The third-order valence-electron chi connectivity index (χ3n) is 2.40. The van der Waals surface area contributed by atoms with Gasteiger partial charge in [-0.3, -0.25) is 4.79 Å². The molecule has 4 heteroatoms. The van der Waals surface area contributed by atoms with Gasteiger partial charge in [0.05, 0.1) is 6.42 Å². The van der Waals surface area contributed by atoms with Gasteiger partial charge in [-0.25, -0.2) is 0 Å². The van der Waals surface area contributed by atoms with Gasteiger partial charge in [0.2, 0.25) is 5.91 Å². The van der Waals surface area contributed by atoms with E-state index >= 15 is 0 Å². The van der Waals surface area contributed by atoms with Gasteiger partial charge in [-0.05, 0) is 24.1 Å². The van der Waals surface area contributed by atoms with Crippen LogP contribution >= 0.6 is 15.9 Å². The first-order valence-corrected chi connectivity index (χ1v) is 6.72. The normalized spacial score (nSPS) is 12.1. The Morgan fingerprint density at radius 1 is 1.53 bits per heavy atom. The second-order valence-corrected chi connectivity index (χ2v) is 5.33. The minimum Gasteiger partial charge on any atom is -0.508 e. The molecular weight excluding hydrogens is 282 g/mol. The Balaban J connectivity index is 2.34. The minimum atomic E-state index is -0.0175. The molecule has 0 spiro atoms. The van der Waals surface area contributed by atoms with Crippen molar-refractivity contribution in [3.8, 4) is 5.75 Å². The molecule has 17 heavy (non-hydrogen) atoms. The Hall–Kier alpha value is -1.03. The number of rotatable bonds is 6. The number of halogens is 1. The Morgan fingerprint density at radius 2 is 2.29 bits per heavy atom. The van der Waals surface area contributed by atoms with Crippen molar-refractivity contribution in [2.45, 2.75) is 31.0 Å². The van der Waals surface area contributed by atoms with Crippen LogP contribution in [0.4, 0.5) is 0 Å². The first kappa shape index (κ1) is 14.0. The van der Waals surface area contributed by atoms with Gasteiger partial charge in [0.25, 0.3) is 0 Å². The number of carbonyl (C=O) groups excluding carboxylic acids is 1. The predicted octanol–water partition coefficient (Wildman–Crippen LogP) is 2.61. The molecule has 0 heterocycles. The molecule has 94 valence electrons. The smallest absolute Gasteiger partial charge is 0.224 e. The SMILES string of the molecule is CCCC(Br)CNC(=O)Cc1cccc(O)c1. The molecule has 0 aromatic heterocycles. The first-order chi connectivity index (χ1) is 8.11. The molecule has 1 aromatic rings. The largest absolute Gasteiger partial charge is 0.508 e. The molecule has 0 saturated heterocycles. The second kappa shape index (κ2) is 7.33. The monoisotopic (exact) mass is 299 g/mol. The standard InChI is InChI=1S/C13H18BrNO2/c1-2-4-11(14)9-15-13(17)8-10-5-3-6-12(16)7-10/h3,5-7,11,16H,2,4,8-9H2,1H3,(H,15,17). The maximum absolute atomic E-state index is 11.6. The van der Waals surface area contributed by atoms with Crippen LogP contribution in [0.3, 0.4) is 0 Å². The molecule has 0 radical (unpaired) electrons. The molecule has 0 aliphatic carbocycles. The number of nitrogens with one attached hydrogen (secondary N) is 1. The summed E-state index contributed by atoms with van der Waals surface area (Å²) in [5.74, 6) is 0.177. The van der Waals surface area contributed by atoms with Crippen LogP contribution in [-0.4, -0.2) is 22.4 Å². The zero-order chi connectivity index (χ0) is 12.7. The van der Waals surface area contributed by atoms with Crippen molar-refractivity contribution in [2.75, 3.05) is 6.54 Å². The van der Waals surface area contributed by atoms with Gasteiger partial charge in [-0.2, -0.15) is 0 Å². The summed E-state index contributed by atoms with van der Waals surface area (Å²) in [7, 11) is 0. The molecule has 1 atom stereocenters. The van der Waals surface area contributed by atoms with Gasteiger partial charge < -0.3 is 10.4 Å². The number of benzene rings is 1. The summed E-state index contributed by atoms with van der Waals surface area (Å²) in [5, 5.41) is 12.1. The van der Waals surface area contributed by atoms with E-state index in [0.717, 1.165) is 18.4 Å². The Bertz CT molecular complexity index is 368.